The van der Waals surface area contributed by atoms with Crippen molar-refractivity contribution in [1.29, 1.82) is 0 Å². The molecule has 0 aliphatic carbocycles. The summed E-state index contributed by atoms with van der Waals surface area (Å²) in [5, 5.41) is 3.83. The number of carbonyl (C=O) groups excluding carboxylic acids is 1. The van der Waals surface area contributed by atoms with E-state index >= 15 is 0 Å². The lowest BCUT2D eigenvalue weighted by molar-refractivity contribution is -0.134. The van der Waals surface area contributed by atoms with Gasteiger partial charge in [0.2, 0.25) is 5.89 Å². The lowest BCUT2D eigenvalue weighted by atomic mass is 9.97. The number of benzene rings is 1. The molecule has 1 aromatic carbocycles. The highest BCUT2D eigenvalue weighted by atomic mass is 16.5. The normalized spacial score (nSPS) is 15.7. The Kier molecular flexibility index (Phi) is 4.60. The molecule has 23 heavy (non-hydrogen) atoms. The summed E-state index contributed by atoms with van der Waals surface area (Å²) in [6.45, 7) is 5.30. The molecule has 122 valence electrons. The van der Waals surface area contributed by atoms with Crippen LogP contribution in [-0.4, -0.2) is 40.6 Å². The van der Waals surface area contributed by atoms with E-state index in [1.807, 2.05) is 43.0 Å². The molecule has 1 aliphatic rings. The van der Waals surface area contributed by atoms with Crippen molar-refractivity contribution in [2.24, 2.45) is 0 Å². The SMILES string of the molecule is Cc1ccc(OCC(=O)N2CCC(c3nc(C)no3)CC2)cc1. The molecule has 2 heterocycles. The number of likely N-dealkylation sites (tertiary alicyclic amines) is 1. The van der Waals surface area contributed by atoms with Crippen LogP contribution in [0.25, 0.3) is 0 Å². The molecule has 1 saturated heterocycles. The average molecular weight is 315 g/mol. The second-order valence-electron chi connectivity index (χ2n) is 5.94. The number of ether oxygens (including phenoxy) is 1. The summed E-state index contributed by atoms with van der Waals surface area (Å²) in [5.74, 6) is 2.33. The fourth-order valence-corrected chi connectivity index (χ4v) is 2.73. The van der Waals surface area contributed by atoms with Gasteiger partial charge in [-0.05, 0) is 38.8 Å². The van der Waals surface area contributed by atoms with Crippen LogP contribution in [0, 0.1) is 13.8 Å². The Morgan fingerprint density at radius 3 is 2.57 bits per heavy atom. The van der Waals surface area contributed by atoms with E-state index in [-0.39, 0.29) is 18.4 Å². The minimum atomic E-state index is 0.0192. The third-order valence-electron chi connectivity index (χ3n) is 4.12. The first-order valence-electron chi connectivity index (χ1n) is 7.89. The molecular weight excluding hydrogens is 294 g/mol. The molecule has 0 unspecified atom stereocenters. The zero-order valence-corrected chi connectivity index (χ0v) is 13.5. The van der Waals surface area contributed by atoms with Gasteiger partial charge in [0.25, 0.3) is 5.91 Å². The van der Waals surface area contributed by atoms with E-state index in [4.69, 9.17) is 9.26 Å². The summed E-state index contributed by atoms with van der Waals surface area (Å²) in [6, 6.07) is 7.70. The van der Waals surface area contributed by atoms with Crippen LogP contribution in [0.4, 0.5) is 0 Å². The number of aryl methyl sites for hydroxylation is 2. The summed E-state index contributed by atoms with van der Waals surface area (Å²) in [5.41, 5.74) is 1.17. The van der Waals surface area contributed by atoms with Crippen LogP contribution in [0.5, 0.6) is 5.75 Å². The Morgan fingerprint density at radius 2 is 1.96 bits per heavy atom. The minimum absolute atomic E-state index is 0.0192. The third kappa shape index (κ3) is 3.88. The molecule has 6 heteroatoms. The van der Waals surface area contributed by atoms with Crippen molar-refractivity contribution in [3.63, 3.8) is 0 Å². The number of rotatable bonds is 4. The highest BCUT2D eigenvalue weighted by molar-refractivity contribution is 5.77. The van der Waals surface area contributed by atoms with Gasteiger partial charge in [-0.3, -0.25) is 4.79 Å². The maximum Gasteiger partial charge on any atom is 0.260 e. The molecule has 2 aromatic rings. The smallest absolute Gasteiger partial charge is 0.260 e. The number of amides is 1. The molecule has 1 amide bonds. The van der Waals surface area contributed by atoms with Gasteiger partial charge in [0.05, 0.1) is 0 Å². The van der Waals surface area contributed by atoms with E-state index in [1.54, 1.807) is 0 Å². The second-order valence-corrected chi connectivity index (χ2v) is 5.94. The topological polar surface area (TPSA) is 68.5 Å². The summed E-state index contributed by atoms with van der Waals surface area (Å²) in [4.78, 5) is 18.4. The first-order valence-corrected chi connectivity index (χ1v) is 7.89. The van der Waals surface area contributed by atoms with Gasteiger partial charge in [0.15, 0.2) is 12.4 Å². The van der Waals surface area contributed by atoms with Gasteiger partial charge in [-0.15, -0.1) is 0 Å². The number of nitrogens with zero attached hydrogens (tertiary/aromatic N) is 3. The van der Waals surface area contributed by atoms with Crippen LogP contribution in [0.15, 0.2) is 28.8 Å². The van der Waals surface area contributed by atoms with E-state index in [1.165, 1.54) is 5.56 Å². The average Bonchev–Trinajstić information content (AvgIpc) is 3.01. The summed E-state index contributed by atoms with van der Waals surface area (Å²) in [6.07, 6.45) is 1.69. The summed E-state index contributed by atoms with van der Waals surface area (Å²) in [7, 11) is 0. The van der Waals surface area contributed by atoms with Crippen LogP contribution >= 0.6 is 0 Å². The maximum atomic E-state index is 12.2. The molecule has 6 nitrogen and oxygen atoms in total. The number of carbonyl (C=O) groups is 1. The molecule has 0 spiro atoms. The van der Waals surface area contributed by atoms with Gasteiger partial charge in [0, 0.05) is 19.0 Å². The third-order valence-corrected chi connectivity index (χ3v) is 4.12. The van der Waals surface area contributed by atoms with E-state index in [0.29, 0.717) is 24.8 Å². The summed E-state index contributed by atoms with van der Waals surface area (Å²) < 4.78 is 10.8. The van der Waals surface area contributed by atoms with Gasteiger partial charge in [-0.2, -0.15) is 4.98 Å². The Bertz CT molecular complexity index is 658. The molecule has 1 aromatic heterocycles. The predicted octanol–water partition coefficient (Wildman–Crippen LogP) is 2.47. The highest BCUT2D eigenvalue weighted by Crippen LogP contribution is 2.26. The van der Waals surface area contributed by atoms with E-state index in [0.717, 1.165) is 18.6 Å². The van der Waals surface area contributed by atoms with E-state index in [2.05, 4.69) is 10.1 Å². The van der Waals surface area contributed by atoms with Crippen molar-refractivity contribution in [3.8, 4) is 5.75 Å². The van der Waals surface area contributed by atoms with Crippen molar-refractivity contribution < 1.29 is 14.1 Å². The standard InChI is InChI=1S/C17H21N3O3/c1-12-3-5-15(6-4-12)22-11-16(21)20-9-7-14(8-10-20)17-18-13(2)19-23-17/h3-6,14H,7-11H2,1-2H3. The maximum absolute atomic E-state index is 12.2. The zero-order valence-electron chi connectivity index (χ0n) is 13.5. The molecule has 0 N–H and O–H groups in total. The van der Waals surface area contributed by atoms with Crippen molar-refractivity contribution in [2.75, 3.05) is 19.7 Å². The van der Waals surface area contributed by atoms with Crippen LogP contribution < -0.4 is 4.74 Å². The molecular formula is C17H21N3O3. The Morgan fingerprint density at radius 1 is 1.26 bits per heavy atom. The fraction of sp³-hybridized carbons (Fsp3) is 0.471. The highest BCUT2D eigenvalue weighted by Gasteiger charge is 2.27. The molecule has 0 atom stereocenters. The van der Waals surface area contributed by atoms with Crippen molar-refractivity contribution in [1.82, 2.24) is 15.0 Å². The van der Waals surface area contributed by atoms with Crippen molar-refractivity contribution in [2.45, 2.75) is 32.6 Å². The largest absolute Gasteiger partial charge is 0.484 e. The first-order chi connectivity index (χ1) is 11.1. The van der Waals surface area contributed by atoms with Gasteiger partial charge < -0.3 is 14.2 Å². The van der Waals surface area contributed by atoms with Gasteiger partial charge in [0.1, 0.15) is 5.75 Å². The molecule has 0 bridgehead atoms. The minimum Gasteiger partial charge on any atom is -0.484 e. The van der Waals surface area contributed by atoms with Gasteiger partial charge >= 0.3 is 0 Å². The number of aromatic nitrogens is 2. The molecule has 1 fully saturated rings. The second kappa shape index (κ2) is 6.81. The van der Waals surface area contributed by atoms with Gasteiger partial charge in [-0.25, -0.2) is 0 Å². The molecule has 1 aliphatic heterocycles. The molecule has 0 saturated carbocycles. The lowest BCUT2D eigenvalue weighted by Gasteiger charge is -2.30. The zero-order chi connectivity index (χ0) is 16.2. The van der Waals surface area contributed by atoms with E-state index in [9.17, 15) is 4.79 Å². The van der Waals surface area contributed by atoms with Gasteiger partial charge in [-0.1, -0.05) is 22.9 Å². The van der Waals surface area contributed by atoms with Crippen LogP contribution in [0.2, 0.25) is 0 Å². The number of piperidine rings is 1. The first kappa shape index (κ1) is 15.5. The van der Waals surface area contributed by atoms with Crippen molar-refractivity contribution in [3.05, 3.63) is 41.5 Å². The van der Waals surface area contributed by atoms with Crippen LogP contribution in [-0.2, 0) is 4.79 Å². The monoisotopic (exact) mass is 315 g/mol. The molecule has 3 rings (SSSR count). The number of hydrogen-bond donors (Lipinski definition) is 0. The lowest BCUT2D eigenvalue weighted by Crippen LogP contribution is -2.40. The Labute approximate surface area is 135 Å². The van der Waals surface area contributed by atoms with Crippen molar-refractivity contribution >= 4 is 5.91 Å². The Hall–Kier alpha value is -2.37. The van der Waals surface area contributed by atoms with E-state index < -0.39 is 0 Å². The van der Waals surface area contributed by atoms with Crippen LogP contribution in [0.1, 0.15) is 36.0 Å². The van der Waals surface area contributed by atoms with Crippen LogP contribution in [0.3, 0.4) is 0 Å². The predicted molar refractivity (Wildman–Crippen MR) is 84.3 cm³/mol. The molecule has 0 radical (unpaired) electrons. The summed E-state index contributed by atoms with van der Waals surface area (Å²) >= 11 is 0. The fourth-order valence-electron chi connectivity index (χ4n) is 2.73. The number of hydrogen-bond acceptors (Lipinski definition) is 5. The Balaban J connectivity index is 1.47. The quantitative estimate of drug-likeness (QED) is 0.867.